The number of hydrogen-bond acceptors (Lipinski definition) is 5. The number of carbonyl (C=O) groups excluding carboxylic acids is 2. The van der Waals surface area contributed by atoms with Crippen molar-refractivity contribution in [3.8, 4) is 0 Å². The molecule has 0 bridgehead atoms. The lowest BCUT2D eigenvalue weighted by Gasteiger charge is -2.50. The summed E-state index contributed by atoms with van der Waals surface area (Å²) in [4.78, 5) is 27.7. The first-order chi connectivity index (χ1) is 15.4. The van der Waals surface area contributed by atoms with Crippen molar-refractivity contribution in [2.45, 2.75) is 77.6 Å². The van der Waals surface area contributed by atoms with E-state index in [1.54, 1.807) is 7.11 Å². The van der Waals surface area contributed by atoms with Crippen LogP contribution in [-0.4, -0.2) is 40.4 Å². The molecule has 0 amide bonds. The van der Waals surface area contributed by atoms with Gasteiger partial charge in [0.15, 0.2) is 14.1 Å². The maximum absolute atomic E-state index is 14.2. The Morgan fingerprint density at radius 2 is 1.91 bits per heavy atom. The molecular weight excluding hydrogens is 432 g/mol. The standard InChI is InChI=1S/C27H38O5Si/c1-14-11-16(30-5)12-15-9-10-27(25(29)31-6)18-13-17(18)24(32-33(7,8)26(2,3)4)21-22(27)20(15)19(14)23(21)28/h12,17-18,21-22,24H,9-11,13H2,1-8H3/t17-,18+,21-,22+,24-,27+/m0/s1. The van der Waals surface area contributed by atoms with Crippen LogP contribution in [0.3, 0.4) is 0 Å². The van der Waals surface area contributed by atoms with Crippen LogP contribution in [-0.2, 0) is 23.5 Å². The third-order valence-electron chi connectivity index (χ3n) is 9.74. The second-order valence-electron chi connectivity index (χ2n) is 12.3. The highest BCUT2D eigenvalue weighted by Crippen LogP contribution is 2.73. The summed E-state index contributed by atoms with van der Waals surface area (Å²) < 4.78 is 18.1. The number of carbonyl (C=O) groups is 2. The Kier molecular flexibility index (Phi) is 5.02. The SMILES string of the molecule is COC(=O)[C@]12CCC3=C4C(=C(C)CC(OC)=C3)C(=O)[C@@H]([C@@H](O[Si](C)(C)C(C)(C)C)[C@H]3C[C@H]31)[C@@H]42. The molecule has 3 fully saturated rings. The van der Waals surface area contributed by atoms with E-state index in [1.807, 2.05) is 6.92 Å². The van der Waals surface area contributed by atoms with Gasteiger partial charge in [0.2, 0.25) is 0 Å². The fourth-order valence-corrected chi connectivity index (χ4v) is 8.47. The van der Waals surface area contributed by atoms with Gasteiger partial charge in [-0.05, 0) is 73.4 Å². The number of allylic oxidation sites excluding steroid dienone is 5. The number of rotatable bonds is 4. The van der Waals surface area contributed by atoms with Gasteiger partial charge in [0, 0.05) is 17.9 Å². The largest absolute Gasteiger partial charge is 0.501 e. The fraction of sp³-hybridized carbons (Fsp3) is 0.704. The van der Waals surface area contributed by atoms with E-state index in [1.165, 1.54) is 12.7 Å². The van der Waals surface area contributed by atoms with Crippen LogP contribution in [0.4, 0.5) is 0 Å². The summed E-state index contributed by atoms with van der Waals surface area (Å²) in [5, 5.41) is 0.0580. The van der Waals surface area contributed by atoms with Crippen molar-refractivity contribution >= 4 is 20.1 Å². The first kappa shape index (κ1) is 23.1. The van der Waals surface area contributed by atoms with Crippen LogP contribution in [0.15, 0.2) is 34.1 Å². The van der Waals surface area contributed by atoms with Crippen molar-refractivity contribution in [3.05, 3.63) is 34.1 Å². The Morgan fingerprint density at radius 1 is 1.21 bits per heavy atom. The van der Waals surface area contributed by atoms with Gasteiger partial charge in [0.1, 0.15) is 0 Å². The van der Waals surface area contributed by atoms with Crippen molar-refractivity contribution in [3.63, 3.8) is 0 Å². The average molecular weight is 471 g/mol. The highest BCUT2D eigenvalue weighted by atomic mass is 28.4. The predicted octanol–water partition coefficient (Wildman–Crippen LogP) is 5.34. The first-order valence-corrected chi connectivity index (χ1v) is 15.3. The van der Waals surface area contributed by atoms with E-state index in [-0.39, 0.29) is 46.6 Å². The van der Waals surface area contributed by atoms with Gasteiger partial charge in [-0.15, -0.1) is 0 Å². The summed E-state index contributed by atoms with van der Waals surface area (Å²) >= 11 is 0. The minimum atomic E-state index is -2.10. The summed E-state index contributed by atoms with van der Waals surface area (Å²) in [6.45, 7) is 13.3. The molecule has 33 heavy (non-hydrogen) atoms. The first-order valence-electron chi connectivity index (χ1n) is 12.4. The molecule has 0 aromatic carbocycles. The van der Waals surface area contributed by atoms with Crippen LogP contribution >= 0.6 is 0 Å². The van der Waals surface area contributed by atoms with Crippen molar-refractivity contribution in [2.75, 3.05) is 14.2 Å². The lowest BCUT2D eigenvalue weighted by Crippen LogP contribution is -2.56. The third kappa shape index (κ3) is 2.99. The molecule has 0 N–H and O–H groups in total. The van der Waals surface area contributed by atoms with Crippen molar-refractivity contribution < 1.29 is 23.5 Å². The summed E-state index contributed by atoms with van der Waals surface area (Å²) in [5.74, 6) is 0.984. The maximum atomic E-state index is 14.2. The molecule has 0 aromatic rings. The van der Waals surface area contributed by atoms with Gasteiger partial charge in [-0.2, -0.15) is 0 Å². The molecular formula is C27H38O5Si. The molecule has 0 unspecified atom stereocenters. The molecule has 0 heterocycles. The lowest BCUT2D eigenvalue weighted by atomic mass is 9.55. The molecule has 6 heteroatoms. The van der Waals surface area contributed by atoms with Crippen molar-refractivity contribution in [1.82, 2.24) is 0 Å². The summed E-state index contributed by atoms with van der Waals surface area (Å²) in [6, 6.07) is 0. The molecule has 5 aliphatic carbocycles. The zero-order chi connectivity index (χ0) is 24.1. The fourth-order valence-electron chi connectivity index (χ4n) is 7.11. The van der Waals surface area contributed by atoms with E-state index in [0.717, 1.165) is 41.7 Å². The highest BCUT2D eigenvalue weighted by molar-refractivity contribution is 6.74. The van der Waals surface area contributed by atoms with Gasteiger partial charge >= 0.3 is 5.97 Å². The molecule has 5 rings (SSSR count). The lowest BCUT2D eigenvalue weighted by molar-refractivity contribution is -0.166. The second kappa shape index (κ2) is 7.17. The van der Waals surface area contributed by atoms with Gasteiger partial charge in [-0.3, -0.25) is 9.59 Å². The Hall–Kier alpha value is -1.66. The van der Waals surface area contributed by atoms with E-state index in [9.17, 15) is 9.59 Å². The molecule has 0 radical (unpaired) electrons. The van der Waals surface area contributed by atoms with E-state index in [2.05, 4.69) is 39.9 Å². The second-order valence-corrected chi connectivity index (χ2v) is 17.1. The number of esters is 1. The number of fused-ring (bicyclic) bond motifs is 2. The molecule has 5 aliphatic rings. The topological polar surface area (TPSA) is 61.8 Å². The Bertz CT molecular complexity index is 1030. The van der Waals surface area contributed by atoms with Crippen molar-refractivity contribution in [1.29, 1.82) is 0 Å². The third-order valence-corrected chi connectivity index (χ3v) is 14.2. The molecule has 0 aromatic heterocycles. The minimum absolute atomic E-state index is 0.0580. The zero-order valence-electron chi connectivity index (χ0n) is 21.3. The molecule has 5 nitrogen and oxygen atoms in total. The molecule has 0 saturated heterocycles. The number of ether oxygens (including phenoxy) is 2. The number of ketones is 1. The Morgan fingerprint density at radius 3 is 2.52 bits per heavy atom. The van der Waals surface area contributed by atoms with Gasteiger partial charge in [0.25, 0.3) is 0 Å². The summed E-state index contributed by atoms with van der Waals surface area (Å²) in [6.07, 6.45) is 5.12. The van der Waals surface area contributed by atoms with E-state index < -0.39 is 13.7 Å². The zero-order valence-corrected chi connectivity index (χ0v) is 22.3. The maximum Gasteiger partial charge on any atom is 0.312 e. The van der Waals surface area contributed by atoms with Gasteiger partial charge in [-0.1, -0.05) is 26.3 Å². The van der Waals surface area contributed by atoms with Gasteiger partial charge in [-0.25, -0.2) is 0 Å². The van der Waals surface area contributed by atoms with Gasteiger partial charge in [0.05, 0.1) is 37.4 Å². The van der Waals surface area contributed by atoms with E-state index in [4.69, 9.17) is 13.9 Å². The molecule has 3 saturated carbocycles. The van der Waals surface area contributed by atoms with Crippen LogP contribution in [0.25, 0.3) is 0 Å². The van der Waals surface area contributed by atoms with E-state index >= 15 is 0 Å². The number of hydrogen-bond donors (Lipinski definition) is 0. The Labute approximate surface area is 198 Å². The average Bonchev–Trinajstić information content (AvgIpc) is 3.50. The molecule has 6 atom stereocenters. The van der Waals surface area contributed by atoms with Gasteiger partial charge < -0.3 is 13.9 Å². The summed E-state index contributed by atoms with van der Waals surface area (Å²) in [5.41, 5.74) is 3.55. The highest BCUT2D eigenvalue weighted by Gasteiger charge is 2.75. The smallest absolute Gasteiger partial charge is 0.312 e. The monoisotopic (exact) mass is 470 g/mol. The van der Waals surface area contributed by atoms with Crippen LogP contribution in [0.1, 0.15) is 53.4 Å². The van der Waals surface area contributed by atoms with Crippen LogP contribution in [0.5, 0.6) is 0 Å². The molecule has 180 valence electrons. The number of methoxy groups -OCH3 is 2. The molecule has 0 aliphatic heterocycles. The quantitative estimate of drug-likeness (QED) is 0.410. The minimum Gasteiger partial charge on any atom is -0.501 e. The summed E-state index contributed by atoms with van der Waals surface area (Å²) in [7, 11) is 1.09. The molecule has 0 spiro atoms. The van der Waals surface area contributed by atoms with Crippen LogP contribution in [0, 0.1) is 29.1 Å². The normalized spacial score (nSPS) is 37.3. The van der Waals surface area contributed by atoms with Crippen molar-refractivity contribution in [2.24, 2.45) is 29.1 Å². The number of Topliss-reactive ketones (excluding diaryl/α,β-unsaturated/α-hetero) is 1. The van der Waals surface area contributed by atoms with Crippen LogP contribution in [0.2, 0.25) is 18.1 Å². The Balaban J connectivity index is 1.71. The van der Waals surface area contributed by atoms with Crippen LogP contribution < -0.4 is 0 Å². The van der Waals surface area contributed by atoms with E-state index in [0.29, 0.717) is 6.42 Å². The predicted molar refractivity (Wildman–Crippen MR) is 129 cm³/mol.